The lowest BCUT2D eigenvalue weighted by atomic mass is 10.1. The quantitative estimate of drug-likeness (QED) is 0.416. The van der Waals surface area contributed by atoms with Gasteiger partial charge in [0.25, 0.3) is 5.89 Å². The molecule has 4 rings (SSSR count). The van der Waals surface area contributed by atoms with Crippen LogP contribution in [-0.2, 0) is 12.6 Å². The molecule has 0 saturated heterocycles. The third kappa shape index (κ3) is 3.98. The highest BCUT2D eigenvalue weighted by atomic mass is 35.5. The first-order chi connectivity index (χ1) is 14.8. The minimum Gasteiger partial charge on any atom is -0.479 e. The molecule has 0 fully saturated rings. The van der Waals surface area contributed by atoms with E-state index in [1.807, 2.05) is 20.9 Å². The molecule has 0 aliphatic carbocycles. The summed E-state index contributed by atoms with van der Waals surface area (Å²) < 4.78 is 13.4. The lowest BCUT2D eigenvalue weighted by Crippen LogP contribution is -2.29. The van der Waals surface area contributed by atoms with Crippen molar-refractivity contribution in [2.24, 2.45) is 7.05 Å². The Balaban J connectivity index is 1.71. The molecule has 0 N–H and O–H groups in total. The second kappa shape index (κ2) is 8.02. The van der Waals surface area contributed by atoms with E-state index in [1.165, 1.54) is 6.39 Å². The Kier molecular flexibility index (Phi) is 5.39. The second-order valence-corrected chi connectivity index (χ2v) is 8.05. The number of benzene rings is 2. The molecular formula is C21H16Cl2N6O2. The van der Waals surface area contributed by atoms with Crippen molar-refractivity contribution in [3.8, 4) is 34.7 Å². The van der Waals surface area contributed by atoms with Crippen molar-refractivity contribution in [3.63, 3.8) is 0 Å². The number of hydrogen-bond donors (Lipinski definition) is 0. The Bertz CT molecular complexity index is 1290. The molecule has 0 bridgehead atoms. The van der Waals surface area contributed by atoms with Crippen LogP contribution in [0, 0.1) is 11.3 Å². The molecule has 0 aliphatic heterocycles. The molecule has 2 aromatic carbocycles. The van der Waals surface area contributed by atoms with Crippen molar-refractivity contribution in [3.05, 3.63) is 64.2 Å². The zero-order valence-corrected chi connectivity index (χ0v) is 18.3. The Morgan fingerprint density at radius 3 is 2.55 bits per heavy atom. The Labute approximate surface area is 188 Å². The highest BCUT2D eigenvalue weighted by Crippen LogP contribution is 2.37. The van der Waals surface area contributed by atoms with Gasteiger partial charge in [-0.1, -0.05) is 23.2 Å². The van der Waals surface area contributed by atoms with Gasteiger partial charge < -0.3 is 13.7 Å². The molecule has 2 heterocycles. The smallest absolute Gasteiger partial charge is 0.251 e. The van der Waals surface area contributed by atoms with Crippen LogP contribution in [0.2, 0.25) is 10.0 Å². The van der Waals surface area contributed by atoms with Crippen molar-refractivity contribution in [2.45, 2.75) is 19.4 Å². The third-order valence-electron chi connectivity index (χ3n) is 4.65. The summed E-state index contributed by atoms with van der Waals surface area (Å²) >= 11 is 12.5. The molecule has 8 nitrogen and oxygen atoms in total. The van der Waals surface area contributed by atoms with E-state index in [4.69, 9.17) is 37.6 Å². The SMILES string of the molecule is Cn1c(-c2ccc(C#N)cc2Cl)nnc1C(C)(C)Oc1ccc(Cl)cc1-c1nnco1. The largest absolute Gasteiger partial charge is 0.479 e. The summed E-state index contributed by atoms with van der Waals surface area (Å²) in [4.78, 5) is 0. The van der Waals surface area contributed by atoms with Crippen LogP contribution in [-0.4, -0.2) is 25.0 Å². The average molecular weight is 455 g/mol. The van der Waals surface area contributed by atoms with Crippen LogP contribution >= 0.6 is 23.2 Å². The van der Waals surface area contributed by atoms with Gasteiger partial charge in [-0.25, -0.2) is 0 Å². The van der Waals surface area contributed by atoms with Crippen molar-refractivity contribution < 1.29 is 9.15 Å². The Hall–Kier alpha value is -3.41. The van der Waals surface area contributed by atoms with Crippen LogP contribution in [0.15, 0.2) is 47.2 Å². The average Bonchev–Trinajstić information content (AvgIpc) is 3.39. The molecule has 0 unspecified atom stereocenters. The number of ether oxygens (including phenoxy) is 1. The van der Waals surface area contributed by atoms with Crippen LogP contribution in [0.4, 0.5) is 0 Å². The van der Waals surface area contributed by atoms with Gasteiger partial charge in [0.05, 0.1) is 22.2 Å². The first kappa shape index (κ1) is 20.8. The molecule has 4 aromatic rings. The molecule has 31 heavy (non-hydrogen) atoms. The summed E-state index contributed by atoms with van der Waals surface area (Å²) in [7, 11) is 1.82. The number of aromatic nitrogens is 5. The van der Waals surface area contributed by atoms with E-state index < -0.39 is 5.60 Å². The fraction of sp³-hybridized carbons (Fsp3) is 0.190. The predicted molar refractivity (Wildman–Crippen MR) is 115 cm³/mol. The van der Waals surface area contributed by atoms with Gasteiger partial charge in [0.1, 0.15) is 5.75 Å². The summed E-state index contributed by atoms with van der Waals surface area (Å²) in [5.74, 6) is 1.90. The van der Waals surface area contributed by atoms with E-state index in [0.717, 1.165) is 0 Å². The molecular weight excluding hydrogens is 439 g/mol. The predicted octanol–water partition coefficient (Wildman–Crippen LogP) is 5.02. The number of nitriles is 1. The summed E-state index contributed by atoms with van der Waals surface area (Å²) in [6.07, 6.45) is 1.24. The number of hydrogen-bond acceptors (Lipinski definition) is 7. The molecule has 156 valence electrons. The normalized spacial score (nSPS) is 11.4. The lowest BCUT2D eigenvalue weighted by molar-refractivity contribution is 0.0955. The minimum atomic E-state index is -0.887. The van der Waals surface area contributed by atoms with Gasteiger partial charge in [0.15, 0.2) is 17.2 Å². The molecule has 10 heteroatoms. The zero-order chi connectivity index (χ0) is 22.2. The van der Waals surface area contributed by atoms with Gasteiger partial charge in [-0.2, -0.15) is 5.26 Å². The number of nitrogens with zero attached hydrogens (tertiary/aromatic N) is 6. The fourth-order valence-electron chi connectivity index (χ4n) is 3.22. The lowest BCUT2D eigenvalue weighted by Gasteiger charge is -2.26. The summed E-state index contributed by atoms with van der Waals surface area (Å²) in [6, 6.07) is 12.2. The molecule has 0 aliphatic rings. The van der Waals surface area contributed by atoms with E-state index in [0.29, 0.717) is 44.1 Å². The highest BCUT2D eigenvalue weighted by molar-refractivity contribution is 6.33. The standard InChI is InChI=1S/C21H16Cl2N6O2/c1-21(2,31-17-7-5-13(22)9-15(17)19-27-25-11-30-19)20-28-26-18(29(20)3)14-6-4-12(10-24)8-16(14)23/h4-9,11H,1-3H3. The van der Waals surface area contributed by atoms with Crippen molar-refractivity contribution in [2.75, 3.05) is 0 Å². The van der Waals surface area contributed by atoms with Gasteiger partial charge in [-0.15, -0.1) is 20.4 Å². The van der Waals surface area contributed by atoms with Gasteiger partial charge in [0, 0.05) is 17.6 Å². The number of rotatable bonds is 5. The second-order valence-electron chi connectivity index (χ2n) is 7.21. The zero-order valence-electron chi connectivity index (χ0n) is 16.8. The first-order valence-electron chi connectivity index (χ1n) is 9.15. The molecule has 0 radical (unpaired) electrons. The first-order valence-corrected chi connectivity index (χ1v) is 9.91. The summed E-state index contributed by atoms with van der Waals surface area (Å²) in [6.45, 7) is 3.74. The highest BCUT2D eigenvalue weighted by Gasteiger charge is 2.31. The van der Waals surface area contributed by atoms with Crippen molar-refractivity contribution >= 4 is 23.2 Å². The van der Waals surface area contributed by atoms with Gasteiger partial charge >= 0.3 is 0 Å². The van der Waals surface area contributed by atoms with Crippen molar-refractivity contribution in [1.29, 1.82) is 5.26 Å². The van der Waals surface area contributed by atoms with Gasteiger partial charge in [0.2, 0.25) is 6.39 Å². The van der Waals surface area contributed by atoms with Crippen LogP contribution in [0.3, 0.4) is 0 Å². The maximum absolute atomic E-state index is 9.06. The van der Waals surface area contributed by atoms with Gasteiger partial charge in [-0.3, -0.25) is 0 Å². The Morgan fingerprint density at radius 2 is 1.87 bits per heavy atom. The summed E-state index contributed by atoms with van der Waals surface area (Å²) in [5.41, 5.74) is 0.809. The molecule has 0 amide bonds. The van der Waals surface area contributed by atoms with E-state index in [9.17, 15) is 0 Å². The maximum atomic E-state index is 9.06. The molecule has 0 spiro atoms. The van der Waals surface area contributed by atoms with E-state index in [-0.39, 0.29) is 5.89 Å². The fourth-order valence-corrected chi connectivity index (χ4v) is 3.66. The van der Waals surface area contributed by atoms with Crippen molar-refractivity contribution in [1.82, 2.24) is 25.0 Å². The monoisotopic (exact) mass is 454 g/mol. The van der Waals surface area contributed by atoms with Crippen LogP contribution < -0.4 is 4.74 Å². The summed E-state index contributed by atoms with van der Waals surface area (Å²) in [5, 5.41) is 26.3. The van der Waals surface area contributed by atoms with E-state index >= 15 is 0 Å². The molecule has 2 aromatic heterocycles. The maximum Gasteiger partial charge on any atom is 0.251 e. The van der Waals surface area contributed by atoms with Crippen LogP contribution in [0.1, 0.15) is 25.2 Å². The van der Waals surface area contributed by atoms with Crippen LogP contribution in [0.25, 0.3) is 22.8 Å². The topological polar surface area (TPSA) is 103 Å². The third-order valence-corrected chi connectivity index (χ3v) is 5.20. The molecule has 0 saturated carbocycles. The van der Waals surface area contributed by atoms with Crippen LogP contribution in [0.5, 0.6) is 5.75 Å². The Morgan fingerprint density at radius 1 is 1.06 bits per heavy atom. The molecule has 0 atom stereocenters. The van der Waals surface area contributed by atoms with Gasteiger partial charge in [-0.05, 0) is 50.2 Å². The van der Waals surface area contributed by atoms with E-state index in [2.05, 4.69) is 26.5 Å². The number of halogens is 2. The minimum absolute atomic E-state index is 0.288. The van der Waals surface area contributed by atoms with E-state index in [1.54, 1.807) is 41.0 Å².